The van der Waals surface area contributed by atoms with Gasteiger partial charge in [0.05, 0.1) is 0 Å². The fourth-order valence-electron chi connectivity index (χ4n) is 14.8. The Labute approximate surface area is 373 Å². The zero-order chi connectivity index (χ0) is 38.9. The van der Waals surface area contributed by atoms with Gasteiger partial charge in [0.2, 0.25) is 0 Å². The van der Waals surface area contributed by atoms with Crippen molar-refractivity contribution in [2.24, 2.45) is 22.7 Å². The second kappa shape index (κ2) is 14.8. The summed E-state index contributed by atoms with van der Waals surface area (Å²) in [6.07, 6.45) is 22.7. The van der Waals surface area contributed by atoms with Crippen LogP contribution in [0.2, 0.25) is 9.26 Å². The standard InChI is InChI=1S/2C27H25.2CH3.2ClH.H2Si.Zr/c2*1-2-5-22-16-24(9-8-21(22)4-1)25-7-3-6-23-14-20(15-26(23)25)18-27-12-10-19(17-27)11-13-27;;;;;;/h2*1-9,14-16,19H,10-13,17-18H2;2*1H3;2*1H;1H2;. The van der Waals surface area contributed by atoms with Crippen molar-refractivity contribution < 1.29 is 17.4 Å². The Kier molecular flexibility index (Phi) is 10.1. The second-order valence-electron chi connectivity index (χ2n) is 21.6. The van der Waals surface area contributed by atoms with E-state index in [0.717, 1.165) is 11.8 Å². The van der Waals surface area contributed by atoms with Gasteiger partial charge < -0.3 is 0 Å². The normalized spacial score (nSPS) is 27.4. The van der Waals surface area contributed by atoms with Crippen molar-refractivity contribution in [1.29, 1.82) is 0 Å². The van der Waals surface area contributed by atoms with E-state index in [2.05, 4.69) is 150 Å². The molecule has 0 saturated heterocycles. The minimum absolute atomic E-state index is 0. The Balaban J connectivity index is 0.00000216. The third kappa shape index (κ3) is 6.51. The van der Waals surface area contributed by atoms with E-state index in [0.29, 0.717) is 18.1 Å². The SMILES string of the molecule is Cl.Cl.[CH3][Zr]([CH3])(=[SiH2])([CH]1C(CC23CCC(CC2)C3)=Cc2c(-c3ccc4ccccc4c3)cccc21)[CH]1C(CC23CCC(CC2)C3)=Cc2c(-c3ccc4ccccc4c3)cccc21. The summed E-state index contributed by atoms with van der Waals surface area (Å²) in [7, 11) is 0. The summed E-state index contributed by atoms with van der Waals surface area (Å²) < 4.78 is 6.95. The number of fused-ring (bicyclic) bond motifs is 8. The predicted octanol–water partition coefficient (Wildman–Crippen LogP) is 16.0. The fourth-order valence-corrected chi connectivity index (χ4v) is 34.5. The maximum atomic E-state index is 2.93. The van der Waals surface area contributed by atoms with Crippen LogP contribution in [0.1, 0.15) is 107 Å². The molecule has 4 bridgehead atoms. The van der Waals surface area contributed by atoms with Gasteiger partial charge in [0.15, 0.2) is 0 Å². The van der Waals surface area contributed by atoms with Crippen LogP contribution >= 0.6 is 24.8 Å². The molecule has 6 aromatic carbocycles. The molecule has 0 amide bonds. The molecule has 0 heterocycles. The van der Waals surface area contributed by atoms with E-state index >= 15 is 0 Å². The van der Waals surface area contributed by atoms with Crippen LogP contribution in [0, 0.1) is 22.7 Å². The van der Waals surface area contributed by atoms with Gasteiger partial charge in [-0.05, 0) is 0 Å². The molecule has 306 valence electrons. The van der Waals surface area contributed by atoms with Crippen molar-refractivity contribution in [3.05, 3.63) is 155 Å². The molecular formula is C56H60Cl2SiZr. The Bertz CT molecular complexity index is 2640. The average Bonchev–Trinajstić information content (AvgIpc) is 4.10. The predicted molar refractivity (Wildman–Crippen MR) is 262 cm³/mol. The molecule has 0 aliphatic heterocycles. The first-order valence-corrected chi connectivity index (χ1v) is 36.5. The van der Waals surface area contributed by atoms with Crippen molar-refractivity contribution >= 4 is 65.4 Å². The summed E-state index contributed by atoms with van der Waals surface area (Å²) >= 11 is -3.94. The second-order valence-corrected chi connectivity index (χ2v) is 52.1. The van der Waals surface area contributed by atoms with Gasteiger partial charge in [0, 0.05) is 0 Å². The Morgan fingerprint density at radius 1 is 0.500 bits per heavy atom. The fraction of sp³-hybridized carbons (Fsp3) is 0.357. The maximum absolute atomic E-state index is 3.94. The molecule has 60 heavy (non-hydrogen) atoms. The van der Waals surface area contributed by atoms with E-state index in [1.54, 1.807) is 22.3 Å². The third-order valence-corrected chi connectivity index (χ3v) is 34.8. The van der Waals surface area contributed by atoms with Crippen molar-refractivity contribution in [1.82, 2.24) is 0 Å². The molecule has 6 aliphatic carbocycles. The molecule has 2 atom stereocenters. The van der Waals surface area contributed by atoms with Gasteiger partial charge in [-0.1, -0.05) is 0 Å². The van der Waals surface area contributed by atoms with Crippen LogP contribution in [-0.4, -0.2) is 6.88 Å². The number of allylic oxidation sites excluding steroid dienone is 2. The summed E-state index contributed by atoms with van der Waals surface area (Å²) in [6.45, 7) is 2.59. The first-order valence-electron chi connectivity index (χ1n) is 22.8. The molecule has 4 saturated carbocycles. The van der Waals surface area contributed by atoms with Crippen LogP contribution in [0.25, 0.3) is 56.0 Å². The molecule has 6 aliphatic rings. The molecule has 0 spiro atoms. The first-order chi connectivity index (χ1) is 28.1. The van der Waals surface area contributed by atoms with Crippen molar-refractivity contribution in [2.75, 3.05) is 0 Å². The van der Waals surface area contributed by atoms with E-state index in [1.165, 1.54) is 121 Å². The van der Waals surface area contributed by atoms with Crippen molar-refractivity contribution in [3.63, 3.8) is 0 Å². The molecule has 0 radical (unpaired) electrons. The van der Waals surface area contributed by atoms with Gasteiger partial charge in [-0.25, -0.2) is 0 Å². The van der Waals surface area contributed by atoms with E-state index in [4.69, 9.17) is 0 Å². The number of halogens is 2. The molecule has 2 unspecified atom stereocenters. The van der Waals surface area contributed by atoms with Crippen LogP contribution in [-0.2, 0) is 17.4 Å². The third-order valence-electron chi connectivity index (χ3n) is 17.3. The van der Waals surface area contributed by atoms with Crippen molar-refractivity contribution in [2.45, 2.75) is 93.6 Å². The summed E-state index contributed by atoms with van der Waals surface area (Å²) in [6, 6.07) is 47.1. The Morgan fingerprint density at radius 3 is 1.28 bits per heavy atom. The molecule has 0 nitrogen and oxygen atoms in total. The van der Waals surface area contributed by atoms with Crippen LogP contribution in [0.3, 0.4) is 0 Å². The Morgan fingerprint density at radius 2 is 0.900 bits per heavy atom. The van der Waals surface area contributed by atoms with Gasteiger partial charge in [-0.2, -0.15) is 0 Å². The van der Waals surface area contributed by atoms with Gasteiger partial charge in [-0.15, -0.1) is 24.8 Å². The topological polar surface area (TPSA) is 0 Å². The van der Waals surface area contributed by atoms with E-state index in [9.17, 15) is 0 Å². The van der Waals surface area contributed by atoms with Gasteiger partial charge >= 0.3 is 351 Å². The first kappa shape index (κ1) is 41.0. The summed E-state index contributed by atoms with van der Waals surface area (Å²) in [5, 5.41) is 5.33. The summed E-state index contributed by atoms with van der Waals surface area (Å²) in [4.78, 5) is 0. The number of benzene rings is 6. The van der Waals surface area contributed by atoms with Crippen molar-refractivity contribution in [3.8, 4) is 22.3 Å². The van der Waals surface area contributed by atoms with E-state index < -0.39 is 17.4 Å². The molecule has 12 rings (SSSR count). The number of rotatable bonds is 8. The molecule has 4 fully saturated rings. The van der Waals surface area contributed by atoms with E-state index in [-0.39, 0.29) is 24.8 Å². The molecule has 0 N–H and O–H groups in total. The van der Waals surface area contributed by atoms with Crippen LogP contribution < -0.4 is 0 Å². The van der Waals surface area contributed by atoms with Crippen LogP contribution in [0.5, 0.6) is 0 Å². The zero-order valence-electron chi connectivity index (χ0n) is 35.5. The minimum atomic E-state index is -3.94. The number of hydrogen-bond acceptors (Lipinski definition) is 0. The zero-order valence-corrected chi connectivity index (χ0v) is 41.0. The Hall–Kier alpha value is -3.00. The van der Waals surface area contributed by atoms with Gasteiger partial charge in [0.25, 0.3) is 0 Å². The average molecular weight is 923 g/mol. The monoisotopic (exact) mass is 920 g/mol. The quantitative estimate of drug-likeness (QED) is 0.133. The van der Waals surface area contributed by atoms with Gasteiger partial charge in [-0.3, -0.25) is 0 Å². The molecule has 4 heteroatoms. The van der Waals surface area contributed by atoms with Gasteiger partial charge in [0.1, 0.15) is 0 Å². The van der Waals surface area contributed by atoms with Crippen LogP contribution in [0.15, 0.2) is 132 Å². The van der Waals surface area contributed by atoms with E-state index in [1.807, 2.05) is 11.1 Å². The summed E-state index contributed by atoms with van der Waals surface area (Å²) in [5.74, 6) is 1.94. The molecular weight excluding hydrogens is 863 g/mol. The summed E-state index contributed by atoms with van der Waals surface area (Å²) in [5.41, 5.74) is 16.7. The van der Waals surface area contributed by atoms with Crippen LogP contribution in [0.4, 0.5) is 0 Å². The number of hydrogen-bond donors (Lipinski definition) is 0. The molecule has 0 aromatic heterocycles. The molecule has 6 aromatic rings.